The highest BCUT2D eigenvalue weighted by Crippen LogP contribution is 2.30. The Hall–Kier alpha value is -1.04. The van der Waals surface area contributed by atoms with E-state index in [1.54, 1.807) is 5.57 Å². The van der Waals surface area contributed by atoms with Crippen LogP contribution in [-0.2, 0) is 0 Å². The van der Waals surface area contributed by atoms with E-state index < -0.39 is 0 Å². The first kappa shape index (κ1) is 10.5. The van der Waals surface area contributed by atoms with Crippen LogP contribution in [0.4, 0.5) is 0 Å². The largest absolute Gasteiger partial charge is 0.0842 e. The molecule has 0 amide bonds. The van der Waals surface area contributed by atoms with Crippen molar-refractivity contribution in [3.8, 4) is 0 Å². The molecule has 0 saturated carbocycles. The summed E-state index contributed by atoms with van der Waals surface area (Å²) in [5.74, 6) is 1.49. The minimum Gasteiger partial charge on any atom is -0.0842 e. The van der Waals surface area contributed by atoms with Crippen LogP contribution >= 0.6 is 0 Å². The Morgan fingerprint density at radius 1 is 1.07 bits per heavy atom. The van der Waals surface area contributed by atoms with Crippen LogP contribution < -0.4 is 0 Å². The van der Waals surface area contributed by atoms with Gasteiger partial charge in [-0.15, -0.1) is 0 Å². The summed E-state index contributed by atoms with van der Waals surface area (Å²) in [7, 11) is 0. The highest BCUT2D eigenvalue weighted by Gasteiger charge is 2.18. The van der Waals surface area contributed by atoms with Crippen molar-refractivity contribution >= 4 is 0 Å². The van der Waals surface area contributed by atoms with E-state index in [4.69, 9.17) is 0 Å². The molecule has 1 unspecified atom stereocenters. The molecule has 0 heteroatoms. The molecular formula is C15H20. The number of allylic oxidation sites excluding steroid dienone is 8. The maximum absolute atomic E-state index is 2.42. The SMILES string of the molecule is CC(C1=CCCC=C1)C1CC=CC=CC1. The molecule has 0 aromatic heterocycles. The lowest BCUT2D eigenvalue weighted by molar-refractivity contribution is 0.417. The second-order valence-corrected chi connectivity index (χ2v) is 4.56. The van der Waals surface area contributed by atoms with Crippen LogP contribution in [0.25, 0.3) is 0 Å². The van der Waals surface area contributed by atoms with Crippen molar-refractivity contribution in [2.24, 2.45) is 11.8 Å². The monoisotopic (exact) mass is 200 g/mol. The zero-order valence-corrected chi connectivity index (χ0v) is 9.52. The fourth-order valence-corrected chi connectivity index (χ4v) is 2.41. The molecule has 0 aromatic rings. The quantitative estimate of drug-likeness (QED) is 0.619. The average Bonchev–Trinajstić information content (AvgIpc) is 2.58. The van der Waals surface area contributed by atoms with Crippen molar-refractivity contribution in [1.82, 2.24) is 0 Å². The molecule has 0 fully saturated rings. The molecule has 0 aromatic carbocycles. The van der Waals surface area contributed by atoms with Crippen molar-refractivity contribution in [3.63, 3.8) is 0 Å². The van der Waals surface area contributed by atoms with E-state index in [-0.39, 0.29) is 0 Å². The van der Waals surface area contributed by atoms with Crippen LogP contribution in [0.5, 0.6) is 0 Å². The topological polar surface area (TPSA) is 0 Å². The van der Waals surface area contributed by atoms with Crippen LogP contribution in [0, 0.1) is 11.8 Å². The lowest BCUT2D eigenvalue weighted by Gasteiger charge is -2.23. The van der Waals surface area contributed by atoms with Crippen molar-refractivity contribution in [2.75, 3.05) is 0 Å². The molecule has 0 nitrogen and oxygen atoms in total. The third-order valence-electron chi connectivity index (χ3n) is 3.52. The molecule has 0 bridgehead atoms. The van der Waals surface area contributed by atoms with Crippen LogP contribution in [-0.4, -0.2) is 0 Å². The van der Waals surface area contributed by atoms with Gasteiger partial charge in [0, 0.05) is 0 Å². The summed E-state index contributed by atoms with van der Waals surface area (Å²) in [6.45, 7) is 2.37. The zero-order chi connectivity index (χ0) is 10.5. The van der Waals surface area contributed by atoms with Crippen LogP contribution in [0.15, 0.2) is 48.1 Å². The Morgan fingerprint density at radius 2 is 1.80 bits per heavy atom. The molecule has 0 radical (unpaired) electrons. The zero-order valence-electron chi connectivity index (χ0n) is 9.52. The molecule has 0 heterocycles. The predicted octanol–water partition coefficient (Wildman–Crippen LogP) is 4.42. The Kier molecular flexibility index (Phi) is 3.60. The van der Waals surface area contributed by atoms with Crippen molar-refractivity contribution < 1.29 is 0 Å². The Bertz CT molecular complexity index is 301. The standard InChI is InChI=1S/C15H20/c1-13(15-11-7-4-8-12-15)14-9-5-2-3-6-10-14/h2-3,5-7,11-14H,4,8-10H2,1H3. The summed E-state index contributed by atoms with van der Waals surface area (Å²) in [4.78, 5) is 0. The summed E-state index contributed by atoms with van der Waals surface area (Å²) >= 11 is 0. The Balaban J connectivity index is 2.03. The van der Waals surface area contributed by atoms with E-state index in [1.807, 2.05) is 0 Å². The third-order valence-corrected chi connectivity index (χ3v) is 3.52. The number of hydrogen-bond donors (Lipinski definition) is 0. The number of hydrogen-bond acceptors (Lipinski definition) is 0. The summed E-state index contributed by atoms with van der Waals surface area (Å²) in [5, 5.41) is 0. The first-order valence-electron chi connectivity index (χ1n) is 6.06. The van der Waals surface area contributed by atoms with Gasteiger partial charge in [0.1, 0.15) is 0 Å². The molecule has 0 N–H and O–H groups in total. The van der Waals surface area contributed by atoms with Gasteiger partial charge in [-0.1, -0.05) is 49.5 Å². The van der Waals surface area contributed by atoms with E-state index in [0.29, 0.717) is 5.92 Å². The van der Waals surface area contributed by atoms with E-state index in [9.17, 15) is 0 Å². The van der Waals surface area contributed by atoms with E-state index in [1.165, 1.54) is 25.7 Å². The van der Waals surface area contributed by atoms with Gasteiger partial charge in [-0.3, -0.25) is 0 Å². The van der Waals surface area contributed by atoms with Gasteiger partial charge in [0.25, 0.3) is 0 Å². The average molecular weight is 200 g/mol. The molecule has 0 spiro atoms. The maximum Gasteiger partial charge on any atom is -0.0159 e. The molecule has 2 rings (SSSR count). The van der Waals surface area contributed by atoms with Crippen molar-refractivity contribution in [1.29, 1.82) is 0 Å². The fourth-order valence-electron chi connectivity index (χ4n) is 2.41. The molecule has 1 atom stereocenters. The second-order valence-electron chi connectivity index (χ2n) is 4.56. The minimum absolute atomic E-state index is 0.703. The van der Waals surface area contributed by atoms with Gasteiger partial charge in [0.15, 0.2) is 0 Å². The normalized spacial score (nSPS) is 23.7. The summed E-state index contributed by atoms with van der Waals surface area (Å²) in [6.07, 6.45) is 20.9. The van der Waals surface area contributed by atoms with E-state index in [0.717, 1.165) is 5.92 Å². The van der Waals surface area contributed by atoms with Crippen LogP contribution in [0.3, 0.4) is 0 Å². The van der Waals surface area contributed by atoms with Gasteiger partial charge in [-0.25, -0.2) is 0 Å². The first-order valence-corrected chi connectivity index (χ1v) is 6.06. The summed E-state index contributed by atoms with van der Waals surface area (Å²) in [6, 6.07) is 0. The Morgan fingerprint density at radius 3 is 2.40 bits per heavy atom. The van der Waals surface area contributed by atoms with Gasteiger partial charge in [-0.05, 0) is 43.1 Å². The fraction of sp³-hybridized carbons (Fsp3) is 0.467. The van der Waals surface area contributed by atoms with Crippen molar-refractivity contribution in [3.05, 3.63) is 48.1 Å². The highest BCUT2D eigenvalue weighted by atomic mass is 14.2. The van der Waals surface area contributed by atoms with Gasteiger partial charge < -0.3 is 0 Å². The van der Waals surface area contributed by atoms with Gasteiger partial charge in [0.2, 0.25) is 0 Å². The van der Waals surface area contributed by atoms with Crippen molar-refractivity contribution in [2.45, 2.75) is 32.6 Å². The molecule has 15 heavy (non-hydrogen) atoms. The van der Waals surface area contributed by atoms with Gasteiger partial charge in [0.05, 0.1) is 0 Å². The second kappa shape index (κ2) is 5.16. The van der Waals surface area contributed by atoms with Crippen LogP contribution in [0.2, 0.25) is 0 Å². The predicted molar refractivity (Wildman–Crippen MR) is 66.6 cm³/mol. The summed E-state index contributed by atoms with van der Waals surface area (Å²) < 4.78 is 0. The Labute approximate surface area is 93.1 Å². The summed E-state index contributed by atoms with van der Waals surface area (Å²) in [5.41, 5.74) is 1.55. The number of rotatable bonds is 2. The molecule has 2 aliphatic carbocycles. The van der Waals surface area contributed by atoms with Gasteiger partial charge >= 0.3 is 0 Å². The lowest BCUT2D eigenvalue weighted by atomic mass is 9.81. The molecule has 80 valence electrons. The van der Waals surface area contributed by atoms with Crippen LogP contribution in [0.1, 0.15) is 32.6 Å². The van der Waals surface area contributed by atoms with Gasteiger partial charge in [-0.2, -0.15) is 0 Å². The smallest absolute Gasteiger partial charge is 0.0159 e. The molecule has 0 saturated heterocycles. The highest BCUT2D eigenvalue weighted by molar-refractivity contribution is 5.25. The third kappa shape index (κ3) is 2.71. The molecule has 0 aliphatic heterocycles. The van der Waals surface area contributed by atoms with E-state index >= 15 is 0 Å². The minimum atomic E-state index is 0.703. The lowest BCUT2D eigenvalue weighted by Crippen LogP contribution is -2.12. The maximum atomic E-state index is 2.42. The first-order chi connectivity index (χ1) is 7.38. The van der Waals surface area contributed by atoms with E-state index in [2.05, 4.69) is 49.5 Å². The molecular weight excluding hydrogens is 180 g/mol. The molecule has 2 aliphatic rings.